The Bertz CT molecular complexity index is 575. The van der Waals surface area contributed by atoms with Crippen LogP contribution in [0.15, 0.2) is 36.4 Å². The minimum atomic E-state index is 0.892. The van der Waals surface area contributed by atoms with Crippen molar-refractivity contribution in [2.75, 3.05) is 5.73 Å². The molecule has 74 valence electrons. The highest BCUT2D eigenvalue weighted by molar-refractivity contribution is 7.20. The fraction of sp³-hybridized carbons (Fsp3) is 0.0769. The molecule has 15 heavy (non-hydrogen) atoms. The number of nitrogen functional groups attached to an aromatic ring is 1. The third kappa shape index (κ3) is 1.29. The van der Waals surface area contributed by atoms with Crippen LogP contribution in [0.4, 0.5) is 5.69 Å². The number of allylic oxidation sites excluding steroid dienone is 3. The summed E-state index contributed by atoms with van der Waals surface area (Å²) >= 11 is 1.79. The molecule has 0 aliphatic heterocycles. The molecule has 0 amide bonds. The zero-order chi connectivity index (χ0) is 10.3. The molecule has 2 heteroatoms. The number of nitrogens with two attached hydrogens (primary N) is 1. The maximum atomic E-state index is 5.98. The van der Waals surface area contributed by atoms with Gasteiger partial charge < -0.3 is 5.73 Å². The summed E-state index contributed by atoms with van der Waals surface area (Å²) < 4.78 is 1.22. The molecule has 0 fully saturated rings. The molecule has 0 atom stereocenters. The number of thiophene rings is 1. The Balaban J connectivity index is 2.39. The van der Waals surface area contributed by atoms with Crippen molar-refractivity contribution in [3.63, 3.8) is 0 Å². The van der Waals surface area contributed by atoms with Crippen LogP contribution in [0.3, 0.4) is 0 Å². The molecule has 1 aliphatic carbocycles. The number of rotatable bonds is 0. The lowest BCUT2D eigenvalue weighted by Gasteiger charge is -1.97. The molecule has 1 aliphatic rings. The number of hydrogen-bond acceptors (Lipinski definition) is 2. The molecule has 0 spiro atoms. The van der Waals surface area contributed by atoms with E-state index in [9.17, 15) is 0 Å². The van der Waals surface area contributed by atoms with E-state index in [1.807, 2.05) is 12.1 Å². The van der Waals surface area contributed by atoms with E-state index < -0.39 is 0 Å². The molecule has 3 rings (SSSR count). The van der Waals surface area contributed by atoms with E-state index in [1.165, 1.54) is 20.5 Å². The molecular formula is C13H11NS. The molecule has 0 unspecified atom stereocenters. The van der Waals surface area contributed by atoms with Gasteiger partial charge in [0.25, 0.3) is 0 Å². The van der Waals surface area contributed by atoms with E-state index >= 15 is 0 Å². The number of benzene rings is 1. The SMILES string of the molecule is Nc1cccc2c3c(sc12)C=CC=CC3. The van der Waals surface area contributed by atoms with Gasteiger partial charge in [-0.3, -0.25) is 0 Å². The number of anilines is 1. The average molecular weight is 213 g/mol. The van der Waals surface area contributed by atoms with Gasteiger partial charge in [-0.1, -0.05) is 30.4 Å². The lowest BCUT2D eigenvalue weighted by atomic mass is 10.1. The fourth-order valence-electron chi connectivity index (χ4n) is 1.96. The van der Waals surface area contributed by atoms with Crippen molar-refractivity contribution in [1.82, 2.24) is 0 Å². The standard InChI is InChI=1S/C13H11NS/c14-11-7-4-6-10-9-5-2-1-3-8-12(9)15-13(10)11/h1-4,6-8H,5,14H2. The van der Waals surface area contributed by atoms with Gasteiger partial charge in [0.15, 0.2) is 0 Å². The Kier molecular flexibility index (Phi) is 1.89. The Morgan fingerprint density at radius 2 is 2.13 bits per heavy atom. The summed E-state index contributed by atoms with van der Waals surface area (Å²) in [6.07, 6.45) is 9.56. The minimum absolute atomic E-state index is 0.892. The van der Waals surface area contributed by atoms with E-state index in [0.717, 1.165) is 12.1 Å². The smallest absolute Gasteiger partial charge is 0.0581 e. The second-order valence-electron chi connectivity index (χ2n) is 3.66. The zero-order valence-corrected chi connectivity index (χ0v) is 9.05. The molecule has 0 radical (unpaired) electrons. The second kappa shape index (κ2) is 3.24. The van der Waals surface area contributed by atoms with E-state index in [0.29, 0.717) is 0 Å². The Morgan fingerprint density at radius 3 is 3.07 bits per heavy atom. The van der Waals surface area contributed by atoms with Crippen molar-refractivity contribution in [2.45, 2.75) is 6.42 Å². The second-order valence-corrected chi connectivity index (χ2v) is 4.71. The van der Waals surface area contributed by atoms with Gasteiger partial charge in [-0.25, -0.2) is 0 Å². The molecular weight excluding hydrogens is 202 g/mol. The molecule has 0 saturated heterocycles. The van der Waals surface area contributed by atoms with Crippen LogP contribution in [0.1, 0.15) is 10.4 Å². The summed E-state index contributed by atoms with van der Waals surface area (Å²) in [5, 5.41) is 1.31. The predicted molar refractivity (Wildman–Crippen MR) is 68.1 cm³/mol. The molecule has 0 bridgehead atoms. The maximum absolute atomic E-state index is 5.98. The summed E-state index contributed by atoms with van der Waals surface area (Å²) in [4.78, 5) is 1.34. The van der Waals surface area contributed by atoms with Crippen LogP contribution in [-0.4, -0.2) is 0 Å². The van der Waals surface area contributed by atoms with Crippen LogP contribution in [0.25, 0.3) is 16.2 Å². The molecule has 1 aromatic carbocycles. The van der Waals surface area contributed by atoms with Crippen molar-refractivity contribution in [1.29, 1.82) is 0 Å². The van der Waals surface area contributed by atoms with Gasteiger partial charge in [0.1, 0.15) is 0 Å². The lowest BCUT2D eigenvalue weighted by molar-refractivity contribution is 1.32. The summed E-state index contributed by atoms with van der Waals surface area (Å²) in [7, 11) is 0. The Hall–Kier alpha value is -1.54. The van der Waals surface area contributed by atoms with Crippen molar-refractivity contribution in [3.8, 4) is 0 Å². The van der Waals surface area contributed by atoms with E-state index in [4.69, 9.17) is 5.73 Å². The van der Waals surface area contributed by atoms with Crippen LogP contribution in [0, 0.1) is 0 Å². The van der Waals surface area contributed by atoms with E-state index in [2.05, 4.69) is 30.4 Å². The third-order valence-corrected chi connectivity index (χ3v) is 3.96. The molecule has 2 aromatic rings. The highest BCUT2D eigenvalue weighted by atomic mass is 32.1. The average Bonchev–Trinajstić information content (AvgIpc) is 2.45. The molecule has 1 aromatic heterocycles. The van der Waals surface area contributed by atoms with Crippen LogP contribution >= 0.6 is 11.3 Å². The first-order valence-corrected chi connectivity index (χ1v) is 5.81. The van der Waals surface area contributed by atoms with Gasteiger partial charge >= 0.3 is 0 Å². The van der Waals surface area contributed by atoms with Crippen LogP contribution < -0.4 is 5.73 Å². The normalized spacial score (nSPS) is 14.1. The number of hydrogen-bond donors (Lipinski definition) is 1. The van der Waals surface area contributed by atoms with Crippen molar-refractivity contribution >= 4 is 33.2 Å². The van der Waals surface area contributed by atoms with Crippen molar-refractivity contribution in [3.05, 3.63) is 46.9 Å². The predicted octanol–water partition coefficient (Wildman–Crippen LogP) is 3.61. The van der Waals surface area contributed by atoms with Crippen molar-refractivity contribution < 1.29 is 0 Å². The summed E-state index contributed by atoms with van der Waals surface area (Å²) in [6, 6.07) is 6.16. The zero-order valence-electron chi connectivity index (χ0n) is 8.23. The highest BCUT2D eigenvalue weighted by Crippen LogP contribution is 2.36. The highest BCUT2D eigenvalue weighted by Gasteiger charge is 2.11. The van der Waals surface area contributed by atoms with Gasteiger partial charge in [0.05, 0.1) is 4.70 Å². The summed E-state index contributed by atoms with van der Waals surface area (Å²) in [6.45, 7) is 0. The summed E-state index contributed by atoms with van der Waals surface area (Å²) in [5.41, 5.74) is 8.28. The van der Waals surface area contributed by atoms with Gasteiger partial charge in [0, 0.05) is 10.6 Å². The molecule has 0 saturated carbocycles. The summed E-state index contributed by atoms with van der Waals surface area (Å²) in [5.74, 6) is 0. The Morgan fingerprint density at radius 1 is 1.20 bits per heavy atom. The quantitative estimate of drug-likeness (QED) is 0.665. The Labute approximate surface area is 92.5 Å². The third-order valence-electron chi connectivity index (χ3n) is 2.70. The van der Waals surface area contributed by atoms with Crippen LogP contribution in [0.5, 0.6) is 0 Å². The van der Waals surface area contributed by atoms with Crippen LogP contribution in [0.2, 0.25) is 0 Å². The lowest BCUT2D eigenvalue weighted by Crippen LogP contribution is -1.84. The number of fused-ring (bicyclic) bond motifs is 3. The maximum Gasteiger partial charge on any atom is 0.0581 e. The first-order chi connectivity index (χ1) is 7.36. The van der Waals surface area contributed by atoms with Crippen LogP contribution in [-0.2, 0) is 6.42 Å². The topological polar surface area (TPSA) is 26.0 Å². The minimum Gasteiger partial charge on any atom is -0.398 e. The van der Waals surface area contributed by atoms with Gasteiger partial charge in [0.2, 0.25) is 0 Å². The van der Waals surface area contributed by atoms with E-state index in [1.54, 1.807) is 11.3 Å². The van der Waals surface area contributed by atoms with Gasteiger partial charge in [-0.2, -0.15) is 0 Å². The molecule has 1 heterocycles. The largest absolute Gasteiger partial charge is 0.398 e. The first-order valence-electron chi connectivity index (χ1n) is 4.99. The van der Waals surface area contributed by atoms with E-state index in [-0.39, 0.29) is 0 Å². The first kappa shape index (κ1) is 8.74. The monoisotopic (exact) mass is 213 g/mol. The van der Waals surface area contributed by atoms with Crippen molar-refractivity contribution in [2.24, 2.45) is 0 Å². The fourth-order valence-corrected chi connectivity index (χ4v) is 3.13. The molecule has 1 nitrogen and oxygen atoms in total. The molecule has 2 N–H and O–H groups in total. The van der Waals surface area contributed by atoms with Gasteiger partial charge in [-0.15, -0.1) is 11.3 Å². The van der Waals surface area contributed by atoms with Gasteiger partial charge in [-0.05, 0) is 29.5 Å².